The topological polar surface area (TPSA) is 0 Å². The molecular weight excluding hydrogens is 155 g/mol. The third kappa shape index (κ3) is 3.11. The number of hydrogen-bond acceptors (Lipinski definition) is 0. The van der Waals surface area contributed by atoms with E-state index in [1.165, 1.54) is 11.5 Å². The van der Waals surface area contributed by atoms with Crippen molar-refractivity contribution in [2.45, 2.75) is 13.8 Å². The van der Waals surface area contributed by atoms with Crippen molar-refractivity contribution in [2.75, 3.05) is 11.5 Å². The van der Waals surface area contributed by atoms with Crippen molar-refractivity contribution in [1.82, 2.24) is 0 Å². The molecule has 0 aliphatic rings. The van der Waals surface area contributed by atoms with Gasteiger partial charge < -0.3 is 0 Å². The minimum absolute atomic E-state index is 0.779. The van der Waals surface area contributed by atoms with E-state index in [1.54, 1.807) is 0 Å². The quantitative estimate of drug-likeness (QED) is 0.407. The van der Waals surface area contributed by atoms with Gasteiger partial charge in [-0.3, -0.25) is 0 Å². The van der Waals surface area contributed by atoms with Gasteiger partial charge in [0.05, 0.1) is 0 Å². The molecule has 0 radical (unpaired) electrons. The Bertz CT molecular complexity index is 26.7. The van der Waals surface area contributed by atoms with Crippen molar-refractivity contribution < 1.29 is 0 Å². The van der Waals surface area contributed by atoms with E-state index >= 15 is 0 Å². The summed E-state index contributed by atoms with van der Waals surface area (Å²) in [6.07, 6.45) is 0. The SMILES string of the molecule is CC[S+]([AsH2])CC. The molecule has 0 saturated heterocycles. The Morgan fingerprint density at radius 1 is 1.33 bits per heavy atom. The molecule has 0 aromatic heterocycles. The molecule has 1 unspecified atom stereocenters. The normalized spacial score (nSPS) is 10.0. The Balaban J connectivity index is 2.75. The molecule has 0 N–H and O–H groups in total. The molecule has 6 heavy (non-hydrogen) atoms. The third-order valence-electron chi connectivity index (χ3n) is 0.742. The Morgan fingerprint density at radius 3 is 1.67 bits per heavy atom. The number of rotatable bonds is 2. The van der Waals surface area contributed by atoms with Gasteiger partial charge in [-0.25, -0.2) is 0 Å². The van der Waals surface area contributed by atoms with Crippen LogP contribution in [0.1, 0.15) is 13.8 Å². The summed E-state index contributed by atoms with van der Waals surface area (Å²) in [5.74, 6) is 2.77. The van der Waals surface area contributed by atoms with E-state index in [1.807, 2.05) is 15.7 Å². The van der Waals surface area contributed by atoms with Crippen LogP contribution in [0.2, 0.25) is 0 Å². The molecule has 0 aromatic rings. The van der Waals surface area contributed by atoms with Crippen LogP contribution in [0, 0.1) is 0 Å². The van der Waals surface area contributed by atoms with Crippen LogP contribution in [0.5, 0.6) is 0 Å². The summed E-state index contributed by atoms with van der Waals surface area (Å²) in [6, 6.07) is 0. The van der Waals surface area contributed by atoms with Gasteiger partial charge in [0.1, 0.15) is 0 Å². The molecule has 0 bridgehead atoms. The first-order valence-electron chi connectivity index (χ1n) is 2.23. The van der Waals surface area contributed by atoms with Crippen LogP contribution in [0.4, 0.5) is 0 Å². The van der Waals surface area contributed by atoms with Crippen LogP contribution >= 0.6 is 0 Å². The summed E-state index contributed by atoms with van der Waals surface area (Å²) < 4.78 is 0. The molecule has 0 aliphatic heterocycles. The fourth-order valence-corrected chi connectivity index (χ4v) is 0.612. The van der Waals surface area contributed by atoms with Crippen LogP contribution in [-0.4, -0.2) is 27.2 Å². The molecule has 0 spiro atoms. The Labute approximate surface area is 50.5 Å². The first-order valence-corrected chi connectivity index (χ1v) is 6.82. The van der Waals surface area contributed by atoms with Crippen LogP contribution in [0.3, 0.4) is 0 Å². The molecule has 38 valence electrons. The van der Waals surface area contributed by atoms with Gasteiger partial charge in [-0.2, -0.15) is 0 Å². The molecule has 0 saturated carbocycles. The molecule has 0 fully saturated rings. The van der Waals surface area contributed by atoms with Gasteiger partial charge in [-0.05, 0) is 0 Å². The van der Waals surface area contributed by atoms with Gasteiger partial charge in [0.2, 0.25) is 0 Å². The van der Waals surface area contributed by atoms with E-state index in [9.17, 15) is 0 Å². The predicted octanol–water partition coefficient (Wildman–Crippen LogP) is 0.193. The first kappa shape index (κ1) is 6.91. The minimum atomic E-state index is 0.779. The summed E-state index contributed by atoms with van der Waals surface area (Å²) in [6.45, 7) is 4.52. The van der Waals surface area contributed by atoms with Crippen molar-refractivity contribution in [3.05, 3.63) is 0 Å². The van der Waals surface area contributed by atoms with E-state index in [0.29, 0.717) is 0 Å². The summed E-state index contributed by atoms with van der Waals surface area (Å²) in [5, 5.41) is 0. The second-order valence-corrected chi connectivity index (χ2v) is 7.54. The fraction of sp³-hybridized carbons (Fsp3) is 1.00. The average molecular weight is 167 g/mol. The molecule has 0 heterocycles. The molecule has 0 amide bonds. The molecular formula is C4H12AsS+. The van der Waals surface area contributed by atoms with Crippen LogP contribution in [0.25, 0.3) is 0 Å². The van der Waals surface area contributed by atoms with Gasteiger partial charge in [0.15, 0.2) is 0 Å². The second-order valence-electron chi connectivity index (χ2n) is 1.11. The zero-order valence-corrected chi connectivity index (χ0v) is 7.64. The van der Waals surface area contributed by atoms with E-state index < -0.39 is 0 Å². The zero-order chi connectivity index (χ0) is 4.99. The molecule has 0 aromatic carbocycles. The average Bonchev–Trinajstić information content (AvgIpc) is 1.65. The van der Waals surface area contributed by atoms with Crippen LogP contribution in [-0.2, 0) is 9.16 Å². The molecule has 2 heteroatoms. The van der Waals surface area contributed by atoms with Crippen molar-refractivity contribution in [1.29, 1.82) is 0 Å². The van der Waals surface area contributed by atoms with Crippen molar-refractivity contribution in [3.8, 4) is 0 Å². The summed E-state index contributed by atoms with van der Waals surface area (Å²) in [7, 11) is 0.779. The summed E-state index contributed by atoms with van der Waals surface area (Å²) >= 11 is 1.91. The first-order chi connectivity index (χ1) is 2.81. The summed E-state index contributed by atoms with van der Waals surface area (Å²) in [5.41, 5.74) is 0. The number of hydrogen-bond donors (Lipinski definition) is 0. The molecule has 0 nitrogen and oxygen atoms in total. The van der Waals surface area contributed by atoms with E-state index in [4.69, 9.17) is 0 Å². The van der Waals surface area contributed by atoms with Gasteiger partial charge in [-0.15, -0.1) is 0 Å². The van der Waals surface area contributed by atoms with E-state index in [-0.39, 0.29) is 0 Å². The van der Waals surface area contributed by atoms with Crippen LogP contribution < -0.4 is 0 Å². The summed E-state index contributed by atoms with van der Waals surface area (Å²) in [4.78, 5) is 0. The molecule has 0 aliphatic carbocycles. The predicted molar refractivity (Wildman–Crippen MR) is 37.0 cm³/mol. The van der Waals surface area contributed by atoms with Crippen molar-refractivity contribution in [3.63, 3.8) is 0 Å². The third-order valence-corrected chi connectivity index (χ3v) is 6.42. The Morgan fingerprint density at radius 2 is 1.67 bits per heavy atom. The van der Waals surface area contributed by atoms with Crippen LogP contribution in [0.15, 0.2) is 0 Å². The van der Waals surface area contributed by atoms with Gasteiger partial charge in [-0.1, -0.05) is 0 Å². The van der Waals surface area contributed by atoms with Gasteiger partial charge >= 0.3 is 50.2 Å². The van der Waals surface area contributed by atoms with Gasteiger partial charge in [0, 0.05) is 0 Å². The van der Waals surface area contributed by atoms with Crippen molar-refractivity contribution >= 4 is 24.9 Å². The fourth-order valence-electron chi connectivity index (χ4n) is 0.204. The zero-order valence-electron chi connectivity index (χ0n) is 4.40. The molecule has 1 atom stereocenters. The maximum atomic E-state index is 2.26. The van der Waals surface area contributed by atoms with E-state index in [0.717, 1.165) is 9.16 Å². The standard InChI is InChI=1S/C4H12AsS/c1-3-6(5)4-2/h3-5H2,1-2H3/q+1. The molecule has 0 rings (SSSR count). The monoisotopic (exact) mass is 167 g/mol. The van der Waals surface area contributed by atoms with Gasteiger partial charge in [0.25, 0.3) is 0 Å². The maximum absolute atomic E-state index is 2.26. The Kier molecular flexibility index (Phi) is 4.70. The van der Waals surface area contributed by atoms with E-state index in [2.05, 4.69) is 13.8 Å². The second kappa shape index (κ2) is 4.08. The van der Waals surface area contributed by atoms with Crippen molar-refractivity contribution in [2.24, 2.45) is 0 Å². The Hall–Kier alpha value is 0.908.